The van der Waals surface area contributed by atoms with Crippen molar-refractivity contribution in [2.75, 3.05) is 0 Å². The van der Waals surface area contributed by atoms with Crippen LogP contribution in [-0.4, -0.2) is 41.1 Å². The van der Waals surface area contributed by atoms with Crippen LogP contribution >= 0.6 is 0 Å². The molecule has 2 heterocycles. The predicted octanol–water partition coefficient (Wildman–Crippen LogP) is 0.883. The van der Waals surface area contributed by atoms with Crippen molar-refractivity contribution in [3.8, 4) is 11.4 Å². The van der Waals surface area contributed by atoms with Gasteiger partial charge in [0.15, 0.2) is 5.82 Å². The van der Waals surface area contributed by atoms with Crippen LogP contribution in [0, 0.1) is 12.8 Å². The number of carboxylic acids is 1. The van der Waals surface area contributed by atoms with Crippen LogP contribution in [0.15, 0.2) is 6.20 Å². The van der Waals surface area contributed by atoms with Gasteiger partial charge >= 0.3 is 5.97 Å². The lowest BCUT2D eigenvalue weighted by molar-refractivity contribution is -0.138. The minimum Gasteiger partial charge on any atom is -0.481 e. The molecule has 8 heteroatoms. The summed E-state index contributed by atoms with van der Waals surface area (Å²) in [6, 6.07) is 0. The molecule has 108 valence electrons. The van der Waals surface area contributed by atoms with Crippen molar-refractivity contribution in [2.45, 2.75) is 33.2 Å². The zero-order valence-corrected chi connectivity index (χ0v) is 11.8. The number of aliphatic carboxylic acids is 1. The quantitative estimate of drug-likeness (QED) is 0.842. The summed E-state index contributed by atoms with van der Waals surface area (Å²) in [6.07, 6.45) is 2.73. The minimum absolute atomic E-state index is 0.00623. The van der Waals surface area contributed by atoms with E-state index in [1.807, 2.05) is 27.1 Å². The molecule has 1 atom stereocenters. The first-order valence-corrected chi connectivity index (χ1v) is 6.49. The van der Waals surface area contributed by atoms with Gasteiger partial charge in [0.1, 0.15) is 0 Å². The lowest BCUT2D eigenvalue weighted by atomic mass is 10.0. The molecule has 0 aliphatic rings. The number of aryl methyl sites for hydroxylation is 2. The third-order valence-corrected chi connectivity index (χ3v) is 3.26. The molecule has 2 aromatic heterocycles. The molecular weight excluding hydrogens is 260 g/mol. The third-order valence-electron chi connectivity index (χ3n) is 3.26. The van der Waals surface area contributed by atoms with Crippen molar-refractivity contribution in [3.05, 3.63) is 11.9 Å². The summed E-state index contributed by atoms with van der Waals surface area (Å²) in [5, 5.41) is 24.9. The largest absolute Gasteiger partial charge is 0.481 e. The molecule has 0 saturated carbocycles. The van der Waals surface area contributed by atoms with E-state index in [2.05, 4.69) is 20.6 Å². The number of rotatable bonds is 6. The van der Waals surface area contributed by atoms with Crippen molar-refractivity contribution in [3.63, 3.8) is 0 Å². The fourth-order valence-electron chi connectivity index (χ4n) is 2.17. The molecular formula is C12H18N6O2. The van der Waals surface area contributed by atoms with Gasteiger partial charge in [-0.25, -0.2) is 4.68 Å². The van der Waals surface area contributed by atoms with Crippen molar-refractivity contribution in [1.82, 2.24) is 30.0 Å². The Kier molecular flexibility index (Phi) is 4.11. The molecule has 2 aromatic rings. The molecule has 0 saturated heterocycles. The van der Waals surface area contributed by atoms with E-state index >= 15 is 0 Å². The Labute approximate surface area is 116 Å². The Morgan fingerprint density at radius 2 is 2.25 bits per heavy atom. The maximum atomic E-state index is 10.8. The average Bonchev–Trinajstić information content (AvgIpc) is 2.94. The van der Waals surface area contributed by atoms with E-state index in [0.29, 0.717) is 12.4 Å². The highest BCUT2D eigenvalue weighted by Crippen LogP contribution is 2.21. The molecule has 1 unspecified atom stereocenters. The maximum absolute atomic E-state index is 10.8. The molecule has 20 heavy (non-hydrogen) atoms. The lowest BCUT2D eigenvalue weighted by Crippen LogP contribution is -2.16. The van der Waals surface area contributed by atoms with Gasteiger partial charge in [0.25, 0.3) is 0 Å². The second kappa shape index (κ2) is 5.81. The fourth-order valence-corrected chi connectivity index (χ4v) is 2.17. The van der Waals surface area contributed by atoms with Gasteiger partial charge in [-0.3, -0.25) is 9.48 Å². The van der Waals surface area contributed by atoms with Crippen LogP contribution in [0.25, 0.3) is 11.4 Å². The van der Waals surface area contributed by atoms with Crippen molar-refractivity contribution >= 4 is 5.97 Å². The zero-order valence-electron chi connectivity index (χ0n) is 11.8. The van der Waals surface area contributed by atoms with E-state index in [1.165, 1.54) is 0 Å². The first-order chi connectivity index (χ1) is 9.51. The second-order valence-corrected chi connectivity index (χ2v) is 4.86. The van der Waals surface area contributed by atoms with Crippen LogP contribution < -0.4 is 0 Å². The number of nitrogens with zero attached hydrogens (tertiary/aromatic N) is 6. The molecule has 0 radical (unpaired) electrons. The van der Waals surface area contributed by atoms with Crippen LogP contribution in [-0.2, 0) is 18.4 Å². The lowest BCUT2D eigenvalue weighted by Gasteiger charge is -2.12. The Hall–Kier alpha value is -2.25. The van der Waals surface area contributed by atoms with Crippen LogP contribution in [0.4, 0.5) is 0 Å². The zero-order chi connectivity index (χ0) is 14.7. The SMILES string of the molecule is CCC(CC(=O)O)Cn1nnnc1-c1cn(C)nc1C. The molecule has 0 aliphatic carbocycles. The number of carboxylic acid groups (broad SMARTS) is 1. The van der Waals surface area contributed by atoms with Gasteiger partial charge in [-0.05, 0) is 23.3 Å². The Balaban J connectivity index is 2.24. The third kappa shape index (κ3) is 3.01. The van der Waals surface area contributed by atoms with Crippen molar-refractivity contribution in [1.29, 1.82) is 0 Å². The van der Waals surface area contributed by atoms with Gasteiger partial charge in [0.2, 0.25) is 0 Å². The summed E-state index contributed by atoms with van der Waals surface area (Å²) in [4.78, 5) is 10.8. The van der Waals surface area contributed by atoms with Gasteiger partial charge in [0.05, 0.1) is 11.3 Å². The predicted molar refractivity (Wildman–Crippen MR) is 70.8 cm³/mol. The van der Waals surface area contributed by atoms with E-state index < -0.39 is 5.97 Å². The molecule has 1 N–H and O–H groups in total. The smallest absolute Gasteiger partial charge is 0.303 e. The highest BCUT2D eigenvalue weighted by atomic mass is 16.4. The van der Waals surface area contributed by atoms with Crippen LogP contribution in [0.5, 0.6) is 0 Å². The summed E-state index contributed by atoms with van der Waals surface area (Å²) in [5.74, 6) is -0.171. The molecule has 0 amide bonds. The number of hydrogen-bond donors (Lipinski definition) is 1. The minimum atomic E-state index is -0.802. The summed E-state index contributed by atoms with van der Waals surface area (Å²) in [5.41, 5.74) is 1.71. The maximum Gasteiger partial charge on any atom is 0.303 e. The number of aromatic nitrogens is 6. The highest BCUT2D eigenvalue weighted by Gasteiger charge is 2.18. The van der Waals surface area contributed by atoms with Crippen LogP contribution in [0.2, 0.25) is 0 Å². The monoisotopic (exact) mass is 278 g/mol. The van der Waals surface area contributed by atoms with Crippen LogP contribution in [0.3, 0.4) is 0 Å². The molecule has 0 fully saturated rings. The van der Waals surface area contributed by atoms with Gasteiger partial charge in [-0.2, -0.15) is 5.10 Å². The number of hydrogen-bond acceptors (Lipinski definition) is 5. The van der Waals surface area contributed by atoms with E-state index in [9.17, 15) is 4.79 Å². The van der Waals surface area contributed by atoms with Crippen molar-refractivity contribution in [2.24, 2.45) is 13.0 Å². The van der Waals surface area contributed by atoms with Crippen molar-refractivity contribution < 1.29 is 9.90 Å². The number of carbonyl (C=O) groups is 1. The summed E-state index contributed by atoms with van der Waals surface area (Å²) < 4.78 is 3.36. The molecule has 2 rings (SSSR count). The summed E-state index contributed by atoms with van der Waals surface area (Å²) in [7, 11) is 1.84. The molecule has 8 nitrogen and oxygen atoms in total. The standard InChI is InChI=1S/C12H18N6O2/c1-4-9(5-11(19)20)6-18-12(13-15-16-18)10-7-17(3)14-8(10)2/h7,9H,4-6H2,1-3H3,(H,19,20). The first-order valence-electron chi connectivity index (χ1n) is 6.49. The van der Waals surface area contributed by atoms with Gasteiger partial charge in [-0.15, -0.1) is 5.10 Å². The van der Waals surface area contributed by atoms with Gasteiger partial charge in [-0.1, -0.05) is 13.3 Å². The highest BCUT2D eigenvalue weighted by molar-refractivity contribution is 5.67. The topological polar surface area (TPSA) is 98.7 Å². The van der Waals surface area contributed by atoms with Crippen LogP contribution in [0.1, 0.15) is 25.5 Å². The Morgan fingerprint density at radius 1 is 1.50 bits per heavy atom. The van der Waals surface area contributed by atoms with Gasteiger partial charge < -0.3 is 5.11 Å². The Bertz CT molecular complexity index is 603. The van der Waals surface area contributed by atoms with E-state index in [-0.39, 0.29) is 12.3 Å². The Morgan fingerprint density at radius 3 is 2.80 bits per heavy atom. The molecule has 0 aliphatic heterocycles. The summed E-state index contributed by atoms with van der Waals surface area (Å²) in [6.45, 7) is 4.34. The summed E-state index contributed by atoms with van der Waals surface area (Å²) >= 11 is 0. The molecule has 0 bridgehead atoms. The molecule has 0 aromatic carbocycles. The number of tetrazole rings is 1. The second-order valence-electron chi connectivity index (χ2n) is 4.86. The first kappa shape index (κ1) is 14.2. The van der Waals surface area contributed by atoms with Gasteiger partial charge in [0, 0.05) is 26.2 Å². The fraction of sp³-hybridized carbons (Fsp3) is 0.583. The van der Waals surface area contributed by atoms with E-state index in [4.69, 9.17) is 5.11 Å². The normalized spacial score (nSPS) is 12.6. The van der Waals surface area contributed by atoms with E-state index in [0.717, 1.165) is 17.7 Å². The molecule has 0 spiro atoms. The average molecular weight is 278 g/mol. The van der Waals surface area contributed by atoms with E-state index in [1.54, 1.807) is 9.36 Å².